The Bertz CT molecular complexity index is 3650. The van der Waals surface area contributed by atoms with Crippen LogP contribution in [0.2, 0.25) is 0 Å². The van der Waals surface area contributed by atoms with Gasteiger partial charge in [-0.2, -0.15) is 0 Å². The number of anilines is 3. The zero-order chi connectivity index (χ0) is 42.4. The molecular weight excluding hydrogens is 791 g/mol. The zero-order valence-corrected chi connectivity index (χ0v) is 35.8. The van der Waals surface area contributed by atoms with Gasteiger partial charge in [0.05, 0.1) is 5.69 Å². The molecule has 0 bridgehead atoms. The van der Waals surface area contributed by atoms with E-state index in [1.807, 2.05) is 11.3 Å². The minimum absolute atomic E-state index is 1.10. The number of rotatable bonds is 8. The van der Waals surface area contributed by atoms with Gasteiger partial charge < -0.3 is 4.90 Å². The number of hydrogen-bond donors (Lipinski definition) is 0. The van der Waals surface area contributed by atoms with Crippen molar-refractivity contribution in [2.75, 3.05) is 4.90 Å². The SMILES string of the molecule is c1ccc(-c2ccccc2-c2ccccc2-c2ccc(N(c3ccc(-c4ccc5ccccc5c4)cc3)c3ccc(-c4cccc5ccccc45)c4sc5ccccc5c34)cc2)cc1. The molecule has 0 N–H and O–H groups in total. The average Bonchev–Trinajstić information content (AvgIpc) is 3.77. The van der Waals surface area contributed by atoms with Gasteiger partial charge in [-0.15, -0.1) is 11.3 Å². The molecule has 0 spiro atoms. The van der Waals surface area contributed by atoms with E-state index in [2.05, 4.69) is 254 Å². The Morgan fingerprint density at radius 1 is 0.281 bits per heavy atom. The van der Waals surface area contributed by atoms with E-state index >= 15 is 0 Å². The van der Waals surface area contributed by atoms with Crippen molar-refractivity contribution in [1.29, 1.82) is 0 Å². The van der Waals surface area contributed by atoms with Crippen LogP contribution in [0.25, 0.3) is 97.4 Å². The summed E-state index contributed by atoms with van der Waals surface area (Å²) in [6.07, 6.45) is 0. The highest BCUT2D eigenvalue weighted by molar-refractivity contribution is 7.26. The van der Waals surface area contributed by atoms with Gasteiger partial charge in [-0.05, 0) is 114 Å². The topological polar surface area (TPSA) is 3.24 Å². The molecule has 0 fully saturated rings. The number of benzene rings is 11. The van der Waals surface area contributed by atoms with Crippen LogP contribution in [-0.2, 0) is 0 Å². The van der Waals surface area contributed by atoms with E-state index in [9.17, 15) is 0 Å². The summed E-state index contributed by atoms with van der Waals surface area (Å²) >= 11 is 1.89. The predicted molar refractivity (Wildman–Crippen MR) is 276 cm³/mol. The molecule has 12 rings (SSSR count). The van der Waals surface area contributed by atoms with Gasteiger partial charge in [-0.3, -0.25) is 0 Å². The fraction of sp³-hybridized carbons (Fsp3) is 0. The van der Waals surface area contributed by atoms with Crippen LogP contribution >= 0.6 is 11.3 Å². The molecule has 0 saturated heterocycles. The molecule has 1 aromatic heterocycles. The van der Waals surface area contributed by atoms with E-state index in [-0.39, 0.29) is 0 Å². The third-order valence-corrected chi connectivity index (χ3v) is 13.9. The molecule has 300 valence electrons. The molecule has 0 unspecified atom stereocenters. The Balaban J connectivity index is 1.03. The van der Waals surface area contributed by atoms with Crippen molar-refractivity contribution in [3.05, 3.63) is 249 Å². The van der Waals surface area contributed by atoms with Crippen LogP contribution in [0.1, 0.15) is 0 Å². The Morgan fingerprint density at radius 2 is 0.797 bits per heavy atom. The summed E-state index contributed by atoms with van der Waals surface area (Å²) in [6, 6.07) is 90.9. The summed E-state index contributed by atoms with van der Waals surface area (Å²) in [7, 11) is 0. The number of nitrogens with zero attached hydrogens (tertiary/aromatic N) is 1. The minimum atomic E-state index is 1.10. The van der Waals surface area contributed by atoms with Crippen LogP contribution in [0.5, 0.6) is 0 Å². The molecule has 1 nitrogen and oxygen atoms in total. The van der Waals surface area contributed by atoms with Crippen molar-refractivity contribution in [1.82, 2.24) is 0 Å². The predicted octanol–water partition coefficient (Wildman–Crippen LogP) is 18.2. The summed E-state index contributed by atoms with van der Waals surface area (Å²) in [5, 5.41) is 7.53. The first kappa shape index (κ1) is 37.7. The third kappa shape index (κ3) is 6.64. The van der Waals surface area contributed by atoms with Crippen molar-refractivity contribution in [2.24, 2.45) is 0 Å². The summed E-state index contributed by atoms with van der Waals surface area (Å²) in [6.45, 7) is 0. The molecule has 64 heavy (non-hydrogen) atoms. The second kappa shape index (κ2) is 16.0. The lowest BCUT2D eigenvalue weighted by molar-refractivity contribution is 1.30. The molecule has 0 aliphatic rings. The van der Waals surface area contributed by atoms with Crippen molar-refractivity contribution in [3.8, 4) is 55.6 Å². The Morgan fingerprint density at radius 3 is 1.52 bits per heavy atom. The molecule has 0 radical (unpaired) electrons. The maximum absolute atomic E-state index is 2.46. The summed E-state index contributed by atoms with van der Waals surface area (Å²) in [5.41, 5.74) is 15.5. The monoisotopic (exact) mass is 831 g/mol. The largest absolute Gasteiger partial charge is 0.310 e. The lowest BCUT2D eigenvalue weighted by Crippen LogP contribution is -2.10. The van der Waals surface area contributed by atoms with Crippen LogP contribution in [0.3, 0.4) is 0 Å². The molecule has 0 atom stereocenters. The van der Waals surface area contributed by atoms with Gasteiger partial charge >= 0.3 is 0 Å². The van der Waals surface area contributed by atoms with Gasteiger partial charge in [0, 0.05) is 37.1 Å². The molecule has 0 aliphatic carbocycles. The van der Waals surface area contributed by atoms with E-state index < -0.39 is 0 Å². The second-order valence-electron chi connectivity index (χ2n) is 16.4. The highest BCUT2D eigenvalue weighted by Crippen LogP contribution is 2.49. The van der Waals surface area contributed by atoms with Crippen molar-refractivity contribution < 1.29 is 0 Å². The lowest BCUT2D eigenvalue weighted by atomic mass is 9.89. The molecule has 0 saturated carbocycles. The van der Waals surface area contributed by atoms with Gasteiger partial charge in [-0.25, -0.2) is 0 Å². The smallest absolute Gasteiger partial charge is 0.0555 e. The zero-order valence-electron chi connectivity index (χ0n) is 35.0. The van der Waals surface area contributed by atoms with E-state index in [0.717, 1.165) is 17.1 Å². The first-order valence-corrected chi connectivity index (χ1v) is 22.7. The fourth-order valence-corrected chi connectivity index (χ4v) is 10.9. The average molecular weight is 832 g/mol. The van der Waals surface area contributed by atoms with Gasteiger partial charge in [-0.1, -0.05) is 206 Å². The van der Waals surface area contributed by atoms with Crippen LogP contribution in [0.15, 0.2) is 249 Å². The molecule has 1 heterocycles. The molecule has 12 aromatic rings. The molecule has 0 amide bonds. The van der Waals surface area contributed by atoms with Crippen LogP contribution in [0.4, 0.5) is 17.1 Å². The Kier molecular flexibility index (Phi) is 9.43. The van der Waals surface area contributed by atoms with Crippen molar-refractivity contribution in [3.63, 3.8) is 0 Å². The van der Waals surface area contributed by atoms with Gasteiger partial charge in [0.1, 0.15) is 0 Å². The Labute approximate surface area is 377 Å². The summed E-state index contributed by atoms with van der Waals surface area (Å²) in [5.74, 6) is 0. The lowest BCUT2D eigenvalue weighted by Gasteiger charge is -2.27. The molecular formula is C62H41NS. The van der Waals surface area contributed by atoms with E-state index in [1.54, 1.807) is 0 Å². The van der Waals surface area contributed by atoms with Crippen LogP contribution < -0.4 is 4.90 Å². The maximum Gasteiger partial charge on any atom is 0.0555 e. The number of thiophene rings is 1. The highest BCUT2D eigenvalue weighted by Gasteiger charge is 2.22. The fourth-order valence-electron chi connectivity index (χ4n) is 9.62. The normalized spacial score (nSPS) is 11.4. The molecule has 2 heteroatoms. The third-order valence-electron chi connectivity index (χ3n) is 12.7. The van der Waals surface area contributed by atoms with E-state index in [0.29, 0.717) is 0 Å². The maximum atomic E-state index is 2.46. The second-order valence-corrected chi connectivity index (χ2v) is 17.5. The van der Waals surface area contributed by atoms with Crippen molar-refractivity contribution in [2.45, 2.75) is 0 Å². The molecule has 11 aromatic carbocycles. The van der Waals surface area contributed by atoms with Crippen LogP contribution in [-0.4, -0.2) is 0 Å². The summed E-state index contributed by atoms with van der Waals surface area (Å²) in [4.78, 5) is 2.46. The first-order chi connectivity index (χ1) is 31.7. The van der Waals surface area contributed by atoms with Gasteiger partial charge in [0.2, 0.25) is 0 Å². The van der Waals surface area contributed by atoms with Crippen LogP contribution in [0, 0.1) is 0 Å². The quantitative estimate of drug-likeness (QED) is 0.147. The van der Waals surface area contributed by atoms with Crippen molar-refractivity contribution >= 4 is 70.1 Å². The van der Waals surface area contributed by atoms with E-state index in [1.165, 1.54) is 97.4 Å². The van der Waals surface area contributed by atoms with Gasteiger partial charge in [0.15, 0.2) is 0 Å². The number of hydrogen-bond acceptors (Lipinski definition) is 2. The standard InChI is InChI=1S/C62H41NS/c1-2-16-44(17-3-1)51-22-8-10-24-54(51)55-25-11-9-23-53(55)46-33-37-50(38-34-46)63(49-35-31-43(32-36-49)48-30-29-42-15-4-5-19-47(42)41-48)59-40-39-57(56-27-14-20-45-18-6-7-21-52(45)56)62-61(59)58-26-12-13-28-60(58)64-62/h1-41H. The Hall–Kier alpha value is -8.04. The molecule has 0 aliphatic heterocycles. The number of fused-ring (bicyclic) bond motifs is 5. The van der Waals surface area contributed by atoms with Gasteiger partial charge in [0.25, 0.3) is 0 Å². The minimum Gasteiger partial charge on any atom is -0.310 e. The highest BCUT2D eigenvalue weighted by atomic mass is 32.1. The van der Waals surface area contributed by atoms with E-state index in [4.69, 9.17) is 0 Å². The first-order valence-electron chi connectivity index (χ1n) is 21.9. The summed E-state index contributed by atoms with van der Waals surface area (Å²) < 4.78 is 2.57.